The highest BCUT2D eigenvalue weighted by molar-refractivity contribution is 5.50. The number of ether oxygens (including phenoxy) is 1. The van der Waals surface area contributed by atoms with Crippen molar-refractivity contribution in [2.45, 2.75) is 105 Å². The normalized spacial score (nSPS) is 14.2. The minimum absolute atomic E-state index is 0.0744. The van der Waals surface area contributed by atoms with Crippen molar-refractivity contribution < 1.29 is 4.74 Å². The molecule has 0 fully saturated rings. The molecule has 0 atom stereocenters. The Morgan fingerprint density at radius 1 is 0.667 bits per heavy atom. The van der Waals surface area contributed by atoms with Crippen molar-refractivity contribution in [2.75, 3.05) is 6.61 Å². The van der Waals surface area contributed by atoms with E-state index in [0.717, 1.165) is 6.61 Å². The van der Waals surface area contributed by atoms with Gasteiger partial charge in [-0.3, -0.25) is 0 Å². The zero-order valence-electron chi connectivity index (χ0n) is 18.3. The van der Waals surface area contributed by atoms with Crippen LogP contribution in [0.15, 0.2) is 12.1 Å². The number of rotatable bonds is 3. The fraction of sp³-hybridized carbons (Fsp3) is 0.739. The summed E-state index contributed by atoms with van der Waals surface area (Å²) in [5.41, 5.74) is 5.60. The summed E-state index contributed by atoms with van der Waals surface area (Å²) < 4.78 is 6.21. The van der Waals surface area contributed by atoms with Crippen LogP contribution in [0.2, 0.25) is 0 Å². The second kappa shape index (κ2) is 6.48. The SMILES string of the molecule is CCOC(C)(C)c1c(C(C)(C)C)cc(C(C)(C)C)cc1C(C)(C)C. The lowest BCUT2D eigenvalue weighted by Crippen LogP contribution is -2.33. The molecular formula is C23H40O. The van der Waals surface area contributed by atoms with Gasteiger partial charge in [-0.1, -0.05) is 74.4 Å². The smallest absolute Gasteiger partial charge is 0.0880 e. The fourth-order valence-electron chi connectivity index (χ4n) is 3.34. The van der Waals surface area contributed by atoms with Crippen LogP contribution in [0.25, 0.3) is 0 Å². The number of benzene rings is 1. The molecule has 1 aromatic carbocycles. The molecule has 0 saturated carbocycles. The summed E-state index contributed by atoms with van der Waals surface area (Å²) in [7, 11) is 0. The molecule has 1 rings (SSSR count). The maximum atomic E-state index is 6.21. The Morgan fingerprint density at radius 2 is 1.04 bits per heavy atom. The van der Waals surface area contributed by atoms with Gasteiger partial charge < -0.3 is 4.74 Å². The van der Waals surface area contributed by atoms with Gasteiger partial charge in [-0.25, -0.2) is 0 Å². The zero-order valence-corrected chi connectivity index (χ0v) is 18.3. The summed E-state index contributed by atoms with van der Waals surface area (Å²) in [4.78, 5) is 0. The number of hydrogen-bond donors (Lipinski definition) is 0. The molecule has 24 heavy (non-hydrogen) atoms. The van der Waals surface area contributed by atoms with Crippen LogP contribution in [-0.2, 0) is 26.6 Å². The molecule has 0 aliphatic carbocycles. The molecule has 0 radical (unpaired) electrons. The van der Waals surface area contributed by atoms with Crippen LogP contribution < -0.4 is 0 Å². The average molecular weight is 333 g/mol. The molecule has 0 aliphatic rings. The molecule has 0 spiro atoms. The Kier molecular flexibility index (Phi) is 5.73. The molecule has 138 valence electrons. The first-order valence-electron chi connectivity index (χ1n) is 9.35. The summed E-state index contributed by atoms with van der Waals surface area (Å²) in [5.74, 6) is 0. The molecule has 0 heterocycles. The van der Waals surface area contributed by atoms with Crippen molar-refractivity contribution in [3.8, 4) is 0 Å². The van der Waals surface area contributed by atoms with E-state index in [1.165, 1.54) is 22.3 Å². The molecule has 0 saturated heterocycles. The van der Waals surface area contributed by atoms with Crippen LogP contribution in [0, 0.1) is 0 Å². The fourth-order valence-corrected chi connectivity index (χ4v) is 3.34. The lowest BCUT2D eigenvalue weighted by atomic mass is 9.69. The van der Waals surface area contributed by atoms with Gasteiger partial charge >= 0.3 is 0 Å². The lowest BCUT2D eigenvalue weighted by Gasteiger charge is -2.39. The van der Waals surface area contributed by atoms with Crippen molar-refractivity contribution in [1.82, 2.24) is 0 Å². The van der Waals surface area contributed by atoms with Gasteiger partial charge in [0.05, 0.1) is 5.60 Å². The van der Waals surface area contributed by atoms with Gasteiger partial charge in [0.15, 0.2) is 0 Å². The molecule has 1 nitrogen and oxygen atoms in total. The van der Waals surface area contributed by atoms with E-state index in [1.807, 2.05) is 0 Å². The van der Waals surface area contributed by atoms with Crippen LogP contribution in [0.4, 0.5) is 0 Å². The summed E-state index contributed by atoms with van der Waals surface area (Å²) in [6, 6.07) is 4.84. The first-order chi connectivity index (χ1) is 10.5. The molecule has 0 aliphatic heterocycles. The van der Waals surface area contributed by atoms with E-state index in [2.05, 4.69) is 95.2 Å². The maximum Gasteiger partial charge on any atom is 0.0880 e. The average Bonchev–Trinajstić information content (AvgIpc) is 2.33. The molecule has 0 N–H and O–H groups in total. The van der Waals surface area contributed by atoms with E-state index in [0.29, 0.717) is 0 Å². The standard InChI is InChI=1S/C23H40O/c1-13-24-23(11,12)19-17(21(5,6)7)14-16(20(2,3)4)15-18(19)22(8,9)10/h14-15H,13H2,1-12H3. The molecule has 0 aromatic heterocycles. The largest absolute Gasteiger partial charge is 0.371 e. The Morgan fingerprint density at radius 3 is 1.29 bits per heavy atom. The zero-order chi connectivity index (χ0) is 19.1. The third-order valence-electron chi connectivity index (χ3n) is 4.73. The van der Waals surface area contributed by atoms with Crippen LogP contribution in [0.1, 0.15) is 105 Å². The van der Waals surface area contributed by atoms with Gasteiger partial charge in [0, 0.05) is 6.61 Å². The predicted octanol–water partition coefficient (Wildman–Crippen LogP) is 6.85. The topological polar surface area (TPSA) is 9.23 Å². The number of hydrogen-bond acceptors (Lipinski definition) is 1. The van der Waals surface area contributed by atoms with Gasteiger partial charge in [-0.2, -0.15) is 0 Å². The van der Waals surface area contributed by atoms with Gasteiger partial charge in [-0.15, -0.1) is 0 Å². The summed E-state index contributed by atoms with van der Waals surface area (Å²) >= 11 is 0. The summed E-state index contributed by atoms with van der Waals surface area (Å²) in [6.07, 6.45) is 0. The first-order valence-corrected chi connectivity index (χ1v) is 9.35. The minimum atomic E-state index is -0.295. The predicted molar refractivity (Wildman–Crippen MR) is 107 cm³/mol. The van der Waals surface area contributed by atoms with Crippen molar-refractivity contribution in [3.05, 3.63) is 34.4 Å². The summed E-state index contributed by atoms with van der Waals surface area (Å²) in [6.45, 7) is 28.0. The third kappa shape index (κ3) is 4.63. The van der Waals surface area contributed by atoms with Crippen LogP contribution >= 0.6 is 0 Å². The lowest BCUT2D eigenvalue weighted by molar-refractivity contribution is -0.0164. The van der Waals surface area contributed by atoms with Gasteiger partial charge in [-0.05, 0) is 59.3 Å². The van der Waals surface area contributed by atoms with Crippen LogP contribution in [-0.4, -0.2) is 6.61 Å². The van der Waals surface area contributed by atoms with Crippen molar-refractivity contribution >= 4 is 0 Å². The van der Waals surface area contributed by atoms with Gasteiger partial charge in [0.2, 0.25) is 0 Å². The second-order valence-corrected chi connectivity index (χ2v) is 10.6. The van der Waals surface area contributed by atoms with E-state index >= 15 is 0 Å². The van der Waals surface area contributed by atoms with E-state index in [1.54, 1.807) is 0 Å². The van der Waals surface area contributed by atoms with Gasteiger partial charge in [0.1, 0.15) is 0 Å². The van der Waals surface area contributed by atoms with E-state index in [9.17, 15) is 0 Å². The Hall–Kier alpha value is -0.820. The van der Waals surface area contributed by atoms with Crippen molar-refractivity contribution in [1.29, 1.82) is 0 Å². The quantitative estimate of drug-likeness (QED) is 0.588. The Bertz CT molecular complexity index is 537. The Balaban J connectivity index is 3.96. The Labute approximate surface area is 151 Å². The van der Waals surface area contributed by atoms with Crippen molar-refractivity contribution in [2.24, 2.45) is 0 Å². The highest BCUT2D eigenvalue weighted by Crippen LogP contribution is 2.43. The molecule has 0 amide bonds. The molecule has 0 unspecified atom stereocenters. The molecular weight excluding hydrogens is 292 g/mol. The third-order valence-corrected chi connectivity index (χ3v) is 4.73. The van der Waals surface area contributed by atoms with E-state index < -0.39 is 0 Å². The molecule has 0 bridgehead atoms. The highest BCUT2D eigenvalue weighted by atomic mass is 16.5. The highest BCUT2D eigenvalue weighted by Gasteiger charge is 2.36. The van der Waals surface area contributed by atoms with Crippen LogP contribution in [0.3, 0.4) is 0 Å². The maximum absolute atomic E-state index is 6.21. The van der Waals surface area contributed by atoms with Crippen molar-refractivity contribution in [3.63, 3.8) is 0 Å². The monoisotopic (exact) mass is 332 g/mol. The van der Waals surface area contributed by atoms with Crippen LogP contribution in [0.5, 0.6) is 0 Å². The van der Waals surface area contributed by atoms with E-state index in [-0.39, 0.29) is 21.8 Å². The first kappa shape index (κ1) is 21.2. The second-order valence-electron chi connectivity index (χ2n) is 10.6. The minimum Gasteiger partial charge on any atom is -0.371 e. The van der Waals surface area contributed by atoms with E-state index in [4.69, 9.17) is 4.74 Å². The molecule has 1 heteroatoms. The summed E-state index contributed by atoms with van der Waals surface area (Å²) in [5, 5.41) is 0. The van der Waals surface area contributed by atoms with Gasteiger partial charge in [0.25, 0.3) is 0 Å². The molecule has 1 aromatic rings.